The van der Waals surface area contributed by atoms with E-state index >= 15 is 0 Å². The lowest BCUT2D eigenvalue weighted by Crippen LogP contribution is -2.24. The third-order valence-corrected chi connectivity index (χ3v) is 4.43. The molecule has 2 aromatic rings. The van der Waals surface area contributed by atoms with E-state index in [9.17, 15) is 18.0 Å². The van der Waals surface area contributed by atoms with Crippen molar-refractivity contribution in [3.63, 3.8) is 0 Å². The third-order valence-electron chi connectivity index (χ3n) is 4.43. The number of rotatable bonds is 4. The van der Waals surface area contributed by atoms with Crippen LogP contribution in [0.15, 0.2) is 48.5 Å². The van der Waals surface area contributed by atoms with Crippen molar-refractivity contribution in [1.29, 1.82) is 0 Å². The summed E-state index contributed by atoms with van der Waals surface area (Å²) in [4.78, 5) is 12.1. The number of amides is 1. The van der Waals surface area contributed by atoms with E-state index in [0.717, 1.165) is 25.0 Å². The minimum Gasteiger partial charge on any atom is -0.352 e. The first-order chi connectivity index (χ1) is 11.4. The Labute approximate surface area is 138 Å². The predicted molar refractivity (Wildman–Crippen MR) is 85.4 cm³/mol. The maximum absolute atomic E-state index is 12.7. The summed E-state index contributed by atoms with van der Waals surface area (Å²) in [6, 6.07) is 13.1. The summed E-state index contributed by atoms with van der Waals surface area (Å²) in [6.45, 7) is 0.108. The highest BCUT2D eigenvalue weighted by molar-refractivity contribution is 5.77. The topological polar surface area (TPSA) is 29.1 Å². The summed E-state index contributed by atoms with van der Waals surface area (Å²) in [5.74, 6) is 0.0665. The molecule has 1 aliphatic carbocycles. The number of halogens is 3. The number of carbonyl (C=O) groups is 1. The number of nitrogens with one attached hydrogen (secondary N) is 1. The molecule has 24 heavy (non-hydrogen) atoms. The molecule has 0 heterocycles. The van der Waals surface area contributed by atoms with Crippen molar-refractivity contribution in [2.75, 3.05) is 0 Å². The molecule has 1 atom stereocenters. The van der Waals surface area contributed by atoms with Gasteiger partial charge in [-0.15, -0.1) is 0 Å². The Bertz CT molecular complexity index is 739. The third kappa shape index (κ3) is 3.78. The van der Waals surface area contributed by atoms with Crippen LogP contribution in [0.3, 0.4) is 0 Å². The second-order valence-corrected chi connectivity index (χ2v) is 6.11. The molecule has 1 amide bonds. The van der Waals surface area contributed by atoms with Crippen LogP contribution in [0.2, 0.25) is 0 Å². The van der Waals surface area contributed by atoms with Crippen molar-refractivity contribution < 1.29 is 18.0 Å². The fraction of sp³-hybridized carbons (Fsp3) is 0.316. The number of alkyl halides is 3. The minimum atomic E-state index is -4.37. The molecule has 2 aromatic carbocycles. The Morgan fingerprint density at radius 3 is 2.71 bits per heavy atom. The maximum atomic E-state index is 12.7. The van der Waals surface area contributed by atoms with Gasteiger partial charge in [0.1, 0.15) is 0 Å². The molecule has 0 fully saturated rings. The van der Waals surface area contributed by atoms with Crippen LogP contribution in [0.25, 0.3) is 0 Å². The molecule has 0 spiro atoms. The van der Waals surface area contributed by atoms with Gasteiger partial charge in [-0.2, -0.15) is 13.2 Å². The van der Waals surface area contributed by atoms with Crippen LogP contribution >= 0.6 is 0 Å². The van der Waals surface area contributed by atoms with Crippen molar-refractivity contribution in [2.24, 2.45) is 0 Å². The van der Waals surface area contributed by atoms with E-state index in [1.165, 1.54) is 17.2 Å². The first-order valence-electron chi connectivity index (χ1n) is 7.94. The Kier molecular flexibility index (Phi) is 4.60. The number of carbonyl (C=O) groups excluding carboxylic acids is 1. The van der Waals surface area contributed by atoms with Crippen LogP contribution in [0.1, 0.15) is 41.0 Å². The zero-order valence-electron chi connectivity index (χ0n) is 13.1. The number of fused-ring (bicyclic) bond motifs is 1. The predicted octanol–water partition coefficient (Wildman–Crippen LogP) is 4.44. The molecule has 2 nitrogen and oxygen atoms in total. The molecule has 3 rings (SSSR count). The lowest BCUT2D eigenvalue weighted by Gasteiger charge is -2.13. The SMILES string of the molecule is O=C(CC1CCc2ccccc21)NCc1cccc(C(F)(F)F)c1. The number of aryl methyl sites for hydroxylation is 1. The fourth-order valence-corrected chi connectivity index (χ4v) is 3.21. The second-order valence-electron chi connectivity index (χ2n) is 6.11. The lowest BCUT2D eigenvalue weighted by atomic mass is 9.97. The van der Waals surface area contributed by atoms with Crippen molar-refractivity contribution in [3.05, 3.63) is 70.8 Å². The van der Waals surface area contributed by atoms with Gasteiger partial charge in [-0.05, 0) is 47.6 Å². The Morgan fingerprint density at radius 1 is 1.12 bits per heavy atom. The molecular weight excluding hydrogens is 315 g/mol. The van der Waals surface area contributed by atoms with Crippen molar-refractivity contribution >= 4 is 5.91 Å². The van der Waals surface area contributed by atoms with Gasteiger partial charge in [0, 0.05) is 13.0 Å². The van der Waals surface area contributed by atoms with E-state index in [1.54, 1.807) is 6.07 Å². The maximum Gasteiger partial charge on any atom is 0.416 e. The summed E-state index contributed by atoms with van der Waals surface area (Å²) in [7, 11) is 0. The smallest absolute Gasteiger partial charge is 0.352 e. The largest absolute Gasteiger partial charge is 0.416 e. The summed E-state index contributed by atoms with van der Waals surface area (Å²) in [5, 5.41) is 2.73. The standard InChI is InChI=1S/C19H18F3NO/c20-19(21,22)16-6-3-4-13(10-16)12-23-18(24)11-15-9-8-14-5-1-2-7-17(14)15/h1-7,10,15H,8-9,11-12H2,(H,23,24). The monoisotopic (exact) mass is 333 g/mol. The zero-order valence-corrected chi connectivity index (χ0v) is 13.1. The highest BCUT2D eigenvalue weighted by Crippen LogP contribution is 2.35. The van der Waals surface area contributed by atoms with Gasteiger partial charge in [0.2, 0.25) is 5.91 Å². The molecule has 0 aromatic heterocycles. The van der Waals surface area contributed by atoms with Gasteiger partial charge >= 0.3 is 6.18 Å². The number of hydrogen-bond donors (Lipinski definition) is 1. The Morgan fingerprint density at radius 2 is 1.92 bits per heavy atom. The van der Waals surface area contributed by atoms with Crippen LogP contribution in [0, 0.1) is 0 Å². The first kappa shape index (κ1) is 16.6. The highest BCUT2D eigenvalue weighted by atomic mass is 19.4. The Balaban J connectivity index is 1.57. The highest BCUT2D eigenvalue weighted by Gasteiger charge is 2.30. The summed E-state index contributed by atoms with van der Waals surface area (Å²) in [5.41, 5.74) is 2.25. The van der Waals surface area contributed by atoms with Gasteiger partial charge in [-0.1, -0.05) is 36.4 Å². The van der Waals surface area contributed by atoms with E-state index in [2.05, 4.69) is 11.4 Å². The zero-order chi connectivity index (χ0) is 17.2. The van der Waals surface area contributed by atoms with Gasteiger partial charge in [0.25, 0.3) is 0 Å². The molecule has 0 saturated heterocycles. The van der Waals surface area contributed by atoms with Crippen LogP contribution in [0.5, 0.6) is 0 Å². The van der Waals surface area contributed by atoms with E-state index in [1.807, 2.05) is 18.2 Å². The molecule has 0 radical (unpaired) electrons. The molecule has 1 N–H and O–H groups in total. The van der Waals surface area contributed by atoms with Crippen LogP contribution in [-0.4, -0.2) is 5.91 Å². The Hall–Kier alpha value is -2.30. The van der Waals surface area contributed by atoms with Crippen molar-refractivity contribution in [1.82, 2.24) is 5.32 Å². The van der Waals surface area contributed by atoms with Gasteiger partial charge < -0.3 is 5.32 Å². The van der Waals surface area contributed by atoms with Crippen LogP contribution < -0.4 is 5.32 Å². The van der Waals surface area contributed by atoms with E-state index in [4.69, 9.17) is 0 Å². The lowest BCUT2D eigenvalue weighted by molar-refractivity contribution is -0.137. The van der Waals surface area contributed by atoms with E-state index in [-0.39, 0.29) is 18.4 Å². The number of benzene rings is 2. The molecule has 1 unspecified atom stereocenters. The normalized spacial score (nSPS) is 16.7. The van der Waals surface area contributed by atoms with Gasteiger partial charge in [-0.3, -0.25) is 4.79 Å². The molecule has 0 aliphatic heterocycles. The quantitative estimate of drug-likeness (QED) is 0.880. The second kappa shape index (κ2) is 6.67. The van der Waals surface area contributed by atoms with Crippen molar-refractivity contribution in [2.45, 2.75) is 37.9 Å². The summed E-state index contributed by atoms with van der Waals surface area (Å²) >= 11 is 0. The summed E-state index contributed by atoms with van der Waals surface area (Å²) in [6.07, 6.45) is -2.08. The van der Waals surface area contributed by atoms with Gasteiger partial charge in [0.15, 0.2) is 0 Å². The average molecular weight is 333 g/mol. The van der Waals surface area contributed by atoms with Crippen LogP contribution in [0.4, 0.5) is 13.2 Å². The average Bonchev–Trinajstić information content (AvgIpc) is 2.96. The van der Waals surface area contributed by atoms with Crippen LogP contribution in [-0.2, 0) is 23.9 Å². The molecule has 1 aliphatic rings. The fourth-order valence-electron chi connectivity index (χ4n) is 3.21. The molecule has 0 saturated carbocycles. The number of hydrogen-bond acceptors (Lipinski definition) is 1. The molecular formula is C19H18F3NO. The first-order valence-corrected chi connectivity index (χ1v) is 7.94. The van der Waals surface area contributed by atoms with Gasteiger partial charge in [0.05, 0.1) is 5.56 Å². The molecule has 0 bridgehead atoms. The van der Waals surface area contributed by atoms with E-state index in [0.29, 0.717) is 12.0 Å². The van der Waals surface area contributed by atoms with Gasteiger partial charge in [-0.25, -0.2) is 0 Å². The minimum absolute atomic E-state index is 0.108. The molecule has 5 heteroatoms. The molecule has 126 valence electrons. The van der Waals surface area contributed by atoms with Crippen molar-refractivity contribution in [3.8, 4) is 0 Å². The summed E-state index contributed by atoms with van der Waals surface area (Å²) < 4.78 is 38.1. The van der Waals surface area contributed by atoms with E-state index < -0.39 is 11.7 Å².